The first-order valence-corrected chi connectivity index (χ1v) is 11.2. The first-order chi connectivity index (χ1) is 15.5. The summed E-state index contributed by atoms with van der Waals surface area (Å²) in [4.78, 5) is 21.8. The molecule has 0 saturated carbocycles. The summed E-state index contributed by atoms with van der Waals surface area (Å²) in [5.41, 5.74) is 6.47. The lowest BCUT2D eigenvalue weighted by Crippen LogP contribution is -2.47. The monoisotopic (exact) mass is 495 g/mol. The van der Waals surface area contributed by atoms with E-state index in [9.17, 15) is 35.0 Å². The molecule has 16 nitrogen and oxygen atoms in total. The number of hydrogen-bond acceptors (Lipinski definition) is 14. The molecule has 1 aliphatic rings. The third-order valence-corrected chi connectivity index (χ3v) is 5.99. The number of hydrogen-bond donors (Lipinski definition) is 8. The van der Waals surface area contributed by atoms with Crippen molar-refractivity contribution in [2.24, 2.45) is 0 Å². The molecular formula is C16H26N5O11P. The fraction of sp³-hybridized carbons (Fsp3) is 0.688. The van der Waals surface area contributed by atoms with Crippen LogP contribution in [0.15, 0.2) is 12.7 Å². The molecule has 17 heteroatoms. The number of nitrogens with zero attached hydrogens (tertiary/aromatic N) is 4. The number of imidazole rings is 1. The van der Waals surface area contributed by atoms with Gasteiger partial charge >= 0.3 is 7.82 Å². The molecule has 1 saturated heterocycles. The number of phosphoric acid groups is 1. The van der Waals surface area contributed by atoms with E-state index in [1.165, 1.54) is 17.2 Å². The standard InChI is InChI=1S/C16H26N5O11P/c17-15-12-16(19-5-18-15)21(6-20-12)11-1-7(23)10(32-11)4-31-33(28,29)30-3-9(25)14(27)13(26)8(24)2-22/h5-11,13-14,22-27H,1-4H2,(H,28,29)(H2,17,18,19)/t7?,8-,9-,10-,11-,13-,14-/m1/s1. The Bertz CT molecular complexity index is 979. The van der Waals surface area contributed by atoms with Crippen LogP contribution >= 0.6 is 7.82 Å². The van der Waals surface area contributed by atoms with E-state index >= 15 is 0 Å². The van der Waals surface area contributed by atoms with Crippen LogP contribution in [0.1, 0.15) is 12.6 Å². The zero-order valence-electron chi connectivity index (χ0n) is 17.1. The molecule has 186 valence electrons. The normalized spacial score (nSPS) is 26.7. The van der Waals surface area contributed by atoms with Crippen molar-refractivity contribution >= 4 is 24.8 Å². The van der Waals surface area contributed by atoms with Crippen LogP contribution in [0.4, 0.5) is 5.82 Å². The summed E-state index contributed by atoms with van der Waals surface area (Å²) in [6.07, 6.45) is -7.59. The van der Waals surface area contributed by atoms with Gasteiger partial charge in [0.2, 0.25) is 0 Å². The van der Waals surface area contributed by atoms with Crippen LogP contribution in [0.2, 0.25) is 0 Å². The van der Waals surface area contributed by atoms with Crippen molar-refractivity contribution in [3.8, 4) is 0 Å². The number of aliphatic hydroxyl groups is 6. The average Bonchev–Trinajstić information content (AvgIpc) is 3.38. The highest BCUT2D eigenvalue weighted by Gasteiger charge is 2.38. The molecular weight excluding hydrogens is 469 g/mol. The van der Waals surface area contributed by atoms with Crippen LogP contribution in [0.25, 0.3) is 11.2 Å². The van der Waals surface area contributed by atoms with Gasteiger partial charge in [0.05, 0.1) is 32.3 Å². The van der Waals surface area contributed by atoms with Gasteiger partial charge in [0, 0.05) is 6.42 Å². The SMILES string of the molecule is Nc1ncnc2c1ncn2[C@H]1CC(O)[C@@H](COP(=O)(O)OC[C@@H](O)[C@@H](O)[C@H](O)[C@H](O)CO)O1. The molecule has 1 fully saturated rings. The fourth-order valence-electron chi connectivity index (χ4n) is 3.15. The van der Waals surface area contributed by atoms with Crippen molar-refractivity contribution in [3.05, 3.63) is 12.7 Å². The van der Waals surface area contributed by atoms with E-state index in [-0.39, 0.29) is 12.2 Å². The van der Waals surface area contributed by atoms with Crippen molar-refractivity contribution in [2.75, 3.05) is 25.6 Å². The van der Waals surface area contributed by atoms with Crippen molar-refractivity contribution in [1.29, 1.82) is 0 Å². The molecule has 33 heavy (non-hydrogen) atoms. The molecule has 0 amide bonds. The minimum Gasteiger partial charge on any atom is -0.394 e. The lowest BCUT2D eigenvalue weighted by atomic mass is 10.0. The van der Waals surface area contributed by atoms with E-state index < -0.39 is 70.5 Å². The van der Waals surface area contributed by atoms with Gasteiger partial charge in [-0.05, 0) is 0 Å². The third-order valence-electron chi connectivity index (χ3n) is 5.04. The summed E-state index contributed by atoms with van der Waals surface area (Å²) in [5, 5.41) is 57.3. The molecule has 2 aromatic rings. The minimum absolute atomic E-state index is 0.0932. The molecule has 3 heterocycles. The van der Waals surface area contributed by atoms with Crippen molar-refractivity contribution < 1.29 is 53.9 Å². The molecule has 3 rings (SSSR count). The van der Waals surface area contributed by atoms with Gasteiger partial charge in [-0.1, -0.05) is 0 Å². The van der Waals surface area contributed by atoms with E-state index in [0.29, 0.717) is 11.2 Å². The van der Waals surface area contributed by atoms with Crippen molar-refractivity contribution in [1.82, 2.24) is 19.5 Å². The van der Waals surface area contributed by atoms with Crippen LogP contribution in [-0.4, -0.2) is 111 Å². The Kier molecular flexibility index (Phi) is 8.31. The van der Waals surface area contributed by atoms with Gasteiger partial charge < -0.3 is 46.0 Å². The molecule has 0 aromatic carbocycles. The topological polar surface area (TPSA) is 256 Å². The van der Waals surface area contributed by atoms with Gasteiger partial charge in [0.25, 0.3) is 0 Å². The Hall–Kier alpha value is -1.82. The van der Waals surface area contributed by atoms with E-state index in [0.717, 1.165) is 0 Å². The fourth-order valence-corrected chi connectivity index (χ4v) is 3.90. The highest BCUT2D eigenvalue weighted by molar-refractivity contribution is 7.47. The summed E-state index contributed by atoms with van der Waals surface area (Å²) in [6, 6.07) is 0. The van der Waals surface area contributed by atoms with Crippen LogP contribution in [0.3, 0.4) is 0 Å². The number of aliphatic hydroxyl groups excluding tert-OH is 6. The Morgan fingerprint density at radius 2 is 1.88 bits per heavy atom. The molecule has 0 radical (unpaired) electrons. The van der Waals surface area contributed by atoms with Gasteiger partial charge in [-0.2, -0.15) is 0 Å². The summed E-state index contributed by atoms with van der Waals surface area (Å²) in [6.45, 7) is -2.38. The predicted octanol–water partition coefficient (Wildman–Crippen LogP) is -3.37. The second-order valence-corrected chi connectivity index (χ2v) is 8.83. The highest BCUT2D eigenvalue weighted by Crippen LogP contribution is 2.44. The number of fused-ring (bicyclic) bond motifs is 1. The van der Waals surface area contributed by atoms with Gasteiger partial charge in [-0.15, -0.1) is 0 Å². The Labute approximate surface area is 186 Å². The Morgan fingerprint density at radius 3 is 2.58 bits per heavy atom. The largest absolute Gasteiger partial charge is 0.472 e. The lowest BCUT2D eigenvalue weighted by molar-refractivity contribution is -0.123. The molecule has 9 N–H and O–H groups in total. The van der Waals surface area contributed by atoms with E-state index in [1.54, 1.807) is 0 Å². The quantitative estimate of drug-likeness (QED) is 0.142. The van der Waals surface area contributed by atoms with Gasteiger partial charge in [-0.3, -0.25) is 13.6 Å². The molecule has 0 aliphatic carbocycles. The highest BCUT2D eigenvalue weighted by atomic mass is 31.2. The maximum absolute atomic E-state index is 12.1. The molecule has 0 spiro atoms. The van der Waals surface area contributed by atoms with Gasteiger partial charge in [0.1, 0.15) is 48.6 Å². The van der Waals surface area contributed by atoms with E-state index in [2.05, 4.69) is 19.5 Å². The van der Waals surface area contributed by atoms with Gasteiger partial charge in [-0.25, -0.2) is 19.5 Å². The average molecular weight is 495 g/mol. The van der Waals surface area contributed by atoms with E-state index in [4.69, 9.17) is 20.1 Å². The van der Waals surface area contributed by atoms with Crippen molar-refractivity contribution in [2.45, 2.75) is 49.3 Å². The van der Waals surface area contributed by atoms with Gasteiger partial charge in [0.15, 0.2) is 11.5 Å². The summed E-state index contributed by atoms with van der Waals surface area (Å²) >= 11 is 0. The zero-order valence-corrected chi connectivity index (χ0v) is 18.0. The Morgan fingerprint density at radius 1 is 1.18 bits per heavy atom. The maximum atomic E-state index is 12.1. The number of phosphoric ester groups is 1. The number of rotatable bonds is 11. The van der Waals surface area contributed by atoms with Crippen LogP contribution < -0.4 is 5.73 Å². The molecule has 8 atom stereocenters. The third kappa shape index (κ3) is 6.00. The number of aromatic nitrogens is 4. The number of nitrogens with two attached hydrogens (primary N) is 1. The van der Waals surface area contributed by atoms with Crippen LogP contribution in [-0.2, 0) is 18.3 Å². The summed E-state index contributed by atoms with van der Waals surface area (Å²) in [7, 11) is -4.76. The lowest BCUT2D eigenvalue weighted by Gasteiger charge is -2.26. The summed E-state index contributed by atoms with van der Waals surface area (Å²) < 4.78 is 28.7. The Balaban J connectivity index is 1.52. The second-order valence-electron chi connectivity index (χ2n) is 7.37. The smallest absolute Gasteiger partial charge is 0.394 e. The first kappa shape index (κ1) is 25.8. The molecule has 2 unspecified atom stereocenters. The molecule has 2 aromatic heterocycles. The minimum atomic E-state index is -4.76. The summed E-state index contributed by atoms with van der Waals surface area (Å²) in [5.74, 6) is 0.168. The zero-order chi connectivity index (χ0) is 24.3. The first-order valence-electron chi connectivity index (χ1n) is 9.75. The maximum Gasteiger partial charge on any atom is 0.472 e. The number of anilines is 1. The molecule has 1 aliphatic heterocycles. The van der Waals surface area contributed by atoms with E-state index in [1.807, 2.05) is 0 Å². The van der Waals surface area contributed by atoms with Crippen molar-refractivity contribution in [3.63, 3.8) is 0 Å². The second kappa shape index (κ2) is 10.6. The number of nitrogen functional groups attached to an aromatic ring is 1. The predicted molar refractivity (Wildman–Crippen MR) is 107 cm³/mol. The van der Waals surface area contributed by atoms with Crippen LogP contribution in [0, 0.1) is 0 Å². The molecule has 0 bridgehead atoms. The number of ether oxygens (including phenoxy) is 1. The van der Waals surface area contributed by atoms with Crippen LogP contribution in [0.5, 0.6) is 0 Å².